The van der Waals surface area contributed by atoms with Crippen LogP contribution < -0.4 is 11.2 Å². The molecule has 1 aliphatic heterocycles. The monoisotopic (exact) mass is 521 g/mol. The molecule has 18 nitrogen and oxygen atoms in total. The maximum Gasteiger partial charge on any atom is 0.490 e. The summed E-state index contributed by atoms with van der Waals surface area (Å²) in [6, 6.07) is -1.06. The number of hydrogen-bond acceptors (Lipinski definition) is 10. The number of nitrogens with zero attached hydrogens (tertiary/aromatic N) is 4. The largest absolute Gasteiger partial charge is 0.490 e. The van der Waals surface area contributed by atoms with Crippen LogP contribution in [0.4, 0.5) is 0 Å². The van der Waals surface area contributed by atoms with Gasteiger partial charge in [0.1, 0.15) is 6.23 Å². The van der Waals surface area contributed by atoms with Crippen LogP contribution >= 0.6 is 23.5 Å². The molecule has 0 aromatic carbocycles. The Kier molecular flexibility index (Phi) is 8.06. The second kappa shape index (κ2) is 9.69. The van der Waals surface area contributed by atoms with Crippen molar-refractivity contribution in [3.05, 3.63) is 43.0 Å². The first-order valence-corrected chi connectivity index (χ1v) is 12.9. The predicted molar refractivity (Wildman–Crippen MR) is 102 cm³/mol. The minimum absolute atomic E-state index is 0.121. The maximum absolute atomic E-state index is 12.1. The Bertz CT molecular complexity index is 1170. The van der Waals surface area contributed by atoms with Gasteiger partial charge in [-0.05, 0) is 19.4 Å². The maximum atomic E-state index is 12.1. The van der Waals surface area contributed by atoms with Gasteiger partial charge in [0.2, 0.25) is 0 Å². The van der Waals surface area contributed by atoms with Crippen LogP contribution in [-0.4, -0.2) is 47.4 Å². The molecule has 0 aliphatic carbocycles. The lowest BCUT2D eigenvalue weighted by Crippen LogP contribution is -2.35. The summed E-state index contributed by atoms with van der Waals surface area (Å²) < 4.78 is 52.7. The van der Waals surface area contributed by atoms with Crippen LogP contribution in [0.2, 0.25) is 0 Å². The van der Waals surface area contributed by atoms with Gasteiger partial charge in [-0.15, -0.1) is 0 Å². The number of azide groups is 1. The molecule has 1 saturated heterocycles. The van der Waals surface area contributed by atoms with Crippen LogP contribution in [0.15, 0.2) is 20.9 Å². The van der Waals surface area contributed by atoms with E-state index in [0.29, 0.717) is 0 Å². The standard InChI is InChI=1S/C11H18N5O13P3/c1-5-4-16(11(18)13-10(5)17)8-3-7(14-15-12)9(26-8)6(2)27-31(22,23)29-32(24,25)28-30(19,20)21/h4,6-9H,3H2,1-2H3,(H,22,23)(H,24,25)(H,13,17,18)(H2,19,20,21)/t6-,7+,8-,9-/m1/s1. The number of rotatable bonds is 9. The SMILES string of the molecule is Cc1cn([C@H]2C[C@H](N=[N+]=[N-])[C@@H]([C@@H](C)OP(=O)(O)OP(=O)(O)OP(=O)(O)O)O2)c(=O)[nH]c1=O. The molecule has 1 aromatic heterocycles. The van der Waals surface area contributed by atoms with Crippen molar-refractivity contribution in [2.75, 3.05) is 0 Å². The van der Waals surface area contributed by atoms with E-state index in [2.05, 4.69) is 28.2 Å². The summed E-state index contributed by atoms with van der Waals surface area (Å²) in [5.41, 5.74) is 7.46. The summed E-state index contributed by atoms with van der Waals surface area (Å²) >= 11 is 0. The van der Waals surface area contributed by atoms with Crippen molar-refractivity contribution in [1.29, 1.82) is 0 Å². The zero-order chi connectivity index (χ0) is 24.5. The van der Waals surface area contributed by atoms with Crippen LogP contribution in [-0.2, 0) is 31.6 Å². The van der Waals surface area contributed by atoms with Gasteiger partial charge in [0.25, 0.3) is 5.56 Å². The molecule has 1 fully saturated rings. The molecule has 2 rings (SSSR count). The van der Waals surface area contributed by atoms with E-state index in [1.807, 2.05) is 0 Å². The molecular formula is C11H18N5O13P3. The lowest BCUT2D eigenvalue weighted by molar-refractivity contribution is -0.0556. The number of hydrogen-bond donors (Lipinski definition) is 5. The van der Waals surface area contributed by atoms with Gasteiger partial charge in [-0.25, -0.2) is 18.5 Å². The summed E-state index contributed by atoms with van der Waals surface area (Å²) in [6.07, 6.45) is -2.80. The average molecular weight is 521 g/mol. The zero-order valence-corrected chi connectivity index (χ0v) is 18.9. The Morgan fingerprint density at radius 2 is 1.88 bits per heavy atom. The molecule has 1 aliphatic rings. The van der Waals surface area contributed by atoms with Gasteiger partial charge in [0.15, 0.2) is 0 Å². The summed E-state index contributed by atoms with van der Waals surface area (Å²) in [5.74, 6) is 0. The Morgan fingerprint density at radius 1 is 1.25 bits per heavy atom. The number of aryl methyl sites for hydroxylation is 1. The summed E-state index contributed by atoms with van der Waals surface area (Å²) in [5, 5.41) is 3.47. The van der Waals surface area contributed by atoms with Crippen molar-refractivity contribution in [2.45, 2.75) is 44.7 Å². The van der Waals surface area contributed by atoms with E-state index in [0.717, 1.165) is 11.5 Å². The fourth-order valence-corrected chi connectivity index (χ4v) is 6.02. The van der Waals surface area contributed by atoms with Crippen molar-refractivity contribution in [3.63, 3.8) is 0 Å². The summed E-state index contributed by atoms with van der Waals surface area (Å²) in [6.45, 7) is 2.55. The lowest BCUT2D eigenvalue weighted by Gasteiger charge is -2.25. The molecule has 180 valence electrons. The smallest absolute Gasteiger partial charge is 0.351 e. The van der Waals surface area contributed by atoms with E-state index in [-0.39, 0.29) is 12.0 Å². The zero-order valence-electron chi connectivity index (χ0n) is 16.2. The van der Waals surface area contributed by atoms with Crippen LogP contribution in [0, 0.1) is 6.92 Å². The topological polar surface area (TPSA) is 273 Å². The quantitative estimate of drug-likeness (QED) is 0.129. The third kappa shape index (κ3) is 7.18. The van der Waals surface area contributed by atoms with Gasteiger partial charge < -0.3 is 24.3 Å². The molecule has 0 saturated carbocycles. The molecule has 0 spiro atoms. The van der Waals surface area contributed by atoms with Gasteiger partial charge in [-0.3, -0.25) is 18.9 Å². The number of phosphoric acid groups is 3. The summed E-state index contributed by atoms with van der Waals surface area (Å²) in [4.78, 5) is 64.3. The van der Waals surface area contributed by atoms with Crippen molar-refractivity contribution >= 4 is 23.5 Å². The highest BCUT2D eigenvalue weighted by atomic mass is 31.3. The molecule has 32 heavy (non-hydrogen) atoms. The van der Waals surface area contributed by atoms with Crippen molar-refractivity contribution in [2.24, 2.45) is 5.11 Å². The molecular weight excluding hydrogens is 503 g/mol. The fourth-order valence-electron chi connectivity index (χ4n) is 2.82. The van der Waals surface area contributed by atoms with Gasteiger partial charge >= 0.3 is 29.2 Å². The predicted octanol–water partition coefficient (Wildman–Crippen LogP) is 0.543. The van der Waals surface area contributed by atoms with E-state index >= 15 is 0 Å². The van der Waals surface area contributed by atoms with Gasteiger partial charge in [-0.1, -0.05) is 5.11 Å². The number of aromatic amines is 1. The molecule has 6 atom stereocenters. The number of phosphoric ester groups is 1. The Balaban J connectivity index is 2.22. The lowest BCUT2D eigenvalue weighted by atomic mass is 10.1. The van der Waals surface area contributed by atoms with E-state index in [4.69, 9.17) is 20.1 Å². The molecule has 0 radical (unpaired) electrons. The van der Waals surface area contributed by atoms with E-state index < -0.39 is 59.2 Å². The molecule has 0 amide bonds. The normalized spacial score (nSPS) is 26.0. The fraction of sp³-hybridized carbons (Fsp3) is 0.636. The van der Waals surface area contributed by atoms with Crippen molar-refractivity contribution in [1.82, 2.24) is 9.55 Å². The van der Waals surface area contributed by atoms with Crippen LogP contribution in [0.5, 0.6) is 0 Å². The minimum atomic E-state index is -5.73. The Labute approximate surface area is 177 Å². The number of nitrogens with one attached hydrogen (secondary N) is 1. The number of ether oxygens (including phenoxy) is 1. The first-order valence-electron chi connectivity index (χ1n) is 8.37. The van der Waals surface area contributed by atoms with Crippen LogP contribution in [0.1, 0.15) is 25.1 Å². The molecule has 2 unspecified atom stereocenters. The highest BCUT2D eigenvalue weighted by Crippen LogP contribution is 2.66. The van der Waals surface area contributed by atoms with Crippen LogP contribution in [0.3, 0.4) is 0 Å². The molecule has 1 aromatic rings. The third-order valence-electron chi connectivity index (χ3n) is 3.97. The first-order chi connectivity index (χ1) is 14.5. The molecule has 5 N–H and O–H groups in total. The first kappa shape index (κ1) is 26.6. The number of H-pyrrole nitrogens is 1. The van der Waals surface area contributed by atoms with E-state index in [1.54, 1.807) is 0 Å². The third-order valence-corrected chi connectivity index (χ3v) is 7.90. The Morgan fingerprint density at radius 3 is 2.44 bits per heavy atom. The Hall–Kier alpha value is -1.64. The van der Waals surface area contributed by atoms with Gasteiger partial charge in [0, 0.05) is 23.1 Å². The van der Waals surface area contributed by atoms with Crippen molar-refractivity contribution < 1.29 is 51.2 Å². The van der Waals surface area contributed by atoms with Gasteiger partial charge in [0.05, 0.1) is 18.2 Å². The second-order valence-electron chi connectivity index (χ2n) is 6.44. The minimum Gasteiger partial charge on any atom is -0.351 e. The average Bonchev–Trinajstić information content (AvgIpc) is 2.98. The van der Waals surface area contributed by atoms with E-state index in [9.17, 15) is 33.1 Å². The van der Waals surface area contributed by atoms with Crippen molar-refractivity contribution in [3.8, 4) is 0 Å². The highest BCUT2D eigenvalue weighted by molar-refractivity contribution is 7.66. The van der Waals surface area contributed by atoms with Crippen LogP contribution in [0.25, 0.3) is 10.4 Å². The van der Waals surface area contributed by atoms with Gasteiger partial charge in [-0.2, -0.15) is 8.62 Å². The molecule has 2 heterocycles. The molecule has 0 bridgehead atoms. The second-order valence-corrected chi connectivity index (χ2v) is 10.8. The van der Waals surface area contributed by atoms with E-state index in [1.165, 1.54) is 13.1 Å². The highest BCUT2D eigenvalue weighted by Gasteiger charge is 2.45. The number of aromatic nitrogens is 2. The molecule has 21 heteroatoms. The summed E-state index contributed by atoms with van der Waals surface area (Å²) in [7, 11) is -16.8.